The molecule has 0 aliphatic carbocycles. The van der Waals surface area contributed by atoms with Crippen LogP contribution in [-0.4, -0.2) is 39.0 Å². The summed E-state index contributed by atoms with van der Waals surface area (Å²) in [6.07, 6.45) is 1.67. The van der Waals surface area contributed by atoms with E-state index in [2.05, 4.69) is 4.74 Å². The molecule has 5 nitrogen and oxygen atoms in total. The number of hydrogen-bond donors (Lipinski definition) is 1. The molecule has 106 valence electrons. The van der Waals surface area contributed by atoms with Crippen LogP contribution in [0.15, 0.2) is 29.2 Å². The average molecular weight is 286 g/mol. The van der Waals surface area contributed by atoms with Crippen molar-refractivity contribution >= 4 is 15.8 Å². The zero-order valence-electron chi connectivity index (χ0n) is 10.8. The van der Waals surface area contributed by atoms with E-state index in [4.69, 9.17) is 5.11 Å². The van der Waals surface area contributed by atoms with Gasteiger partial charge < -0.3 is 9.84 Å². The summed E-state index contributed by atoms with van der Waals surface area (Å²) >= 11 is 0. The van der Waals surface area contributed by atoms with Crippen molar-refractivity contribution in [1.29, 1.82) is 0 Å². The Bertz CT molecular complexity index is 522. The van der Waals surface area contributed by atoms with Gasteiger partial charge in [0.2, 0.25) is 0 Å². The number of carbonyl (C=O) groups is 1. The molecule has 0 saturated heterocycles. The highest BCUT2D eigenvalue weighted by molar-refractivity contribution is 7.91. The van der Waals surface area contributed by atoms with Gasteiger partial charge in [-0.3, -0.25) is 0 Å². The lowest BCUT2D eigenvalue weighted by atomic mass is 10.2. The molecule has 1 aromatic rings. The van der Waals surface area contributed by atoms with Gasteiger partial charge in [0.05, 0.1) is 23.3 Å². The van der Waals surface area contributed by atoms with Crippen molar-refractivity contribution in [1.82, 2.24) is 0 Å². The van der Waals surface area contributed by atoms with Gasteiger partial charge in [-0.25, -0.2) is 13.2 Å². The number of benzene rings is 1. The fourth-order valence-electron chi connectivity index (χ4n) is 1.71. The highest BCUT2D eigenvalue weighted by Gasteiger charge is 2.22. The Kier molecular flexibility index (Phi) is 5.98. The van der Waals surface area contributed by atoms with Crippen molar-refractivity contribution in [2.75, 3.05) is 19.5 Å². The lowest BCUT2D eigenvalue weighted by Gasteiger charge is -2.08. The molecule has 0 amide bonds. The van der Waals surface area contributed by atoms with E-state index in [9.17, 15) is 13.2 Å². The highest BCUT2D eigenvalue weighted by atomic mass is 32.2. The quantitative estimate of drug-likeness (QED) is 0.605. The van der Waals surface area contributed by atoms with Gasteiger partial charge in [0.25, 0.3) is 0 Å². The van der Waals surface area contributed by atoms with Crippen molar-refractivity contribution in [2.24, 2.45) is 0 Å². The Hall–Kier alpha value is -1.40. The van der Waals surface area contributed by atoms with E-state index in [1.807, 2.05) is 0 Å². The molecule has 0 unspecified atom stereocenters. The van der Waals surface area contributed by atoms with Crippen molar-refractivity contribution in [3.8, 4) is 0 Å². The monoisotopic (exact) mass is 286 g/mol. The van der Waals surface area contributed by atoms with Crippen LogP contribution in [0.5, 0.6) is 0 Å². The van der Waals surface area contributed by atoms with E-state index in [0.717, 1.165) is 0 Å². The van der Waals surface area contributed by atoms with Crippen LogP contribution < -0.4 is 0 Å². The Morgan fingerprint density at radius 1 is 1.21 bits per heavy atom. The lowest BCUT2D eigenvalue weighted by Crippen LogP contribution is -2.13. The number of carbonyl (C=O) groups excluding carboxylic acids is 1. The third-order valence-corrected chi connectivity index (χ3v) is 4.55. The summed E-state index contributed by atoms with van der Waals surface area (Å²) < 4.78 is 28.9. The van der Waals surface area contributed by atoms with E-state index < -0.39 is 15.8 Å². The molecule has 0 saturated carbocycles. The van der Waals surface area contributed by atoms with Crippen molar-refractivity contribution in [2.45, 2.75) is 24.2 Å². The van der Waals surface area contributed by atoms with Crippen molar-refractivity contribution < 1.29 is 23.1 Å². The van der Waals surface area contributed by atoms with Gasteiger partial charge in [0.15, 0.2) is 9.84 Å². The average Bonchev–Trinajstić information content (AvgIpc) is 2.43. The minimum atomic E-state index is -3.51. The first-order valence-corrected chi connectivity index (χ1v) is 7.69. The molecule has 0 heterocycles. The number of methoxy groups -OCH3 is 1. The minimum absolute atomic E-state index is 0.00542. The smallest absolute Gasteiger partial charge is 0.339 e. The molecular formula is C13H18O5S. The van der Waals surface area contributed by atoms with Gasteiger partial charge in [-0.1, -0.05) is 18.6 Å². The first kappa shape index (κ1) is 15.7. The third-order valence-electron chi connectivity index (χ3n) is 2.70. The summed E-state index contributed by atoms with van der Waals surface area (Å²) in [4.78, 5) is 11.5. The number of ether oxygens (including phenoxy) is 1. The van der Waals surface area contributed by atoms with Gasteiger partial charge in [-0.05, 0) is 25.0 Å². The predicted molar refractivity (Wildman–Crippen MR) is 70.8 cm³/mol. The van der Waals surface area contributed by atoms with E-state index in [1.54, 1.807) is 12.1 Å². The summed E-state index contributed by atoms with van der Waals surface area (Å²) in [5, 5.41) is 8.65. The number of esters is 1. The molecule has 0 fully saturated rings. The normalized spacial score (nSPS) is 11.3. The minimum Gasteiger partial charge on any atom is -0.465 e. The number of sulfone groups is 1. The van der Waals surface area contributed by atoms with Gasteiger partial charge in [0, 0.05) is 6.61 Å². The maximum absolute atomic E-state index is 12.2. The standard InChI is InChI=1S/C13H18O5S/c1-18-13(15)11-7-3-4-8-12(11)19(16,17)10-6-2-5-9-14/h3-4,7-8,14H,2,5-6,9-10H2,1H3. The maximum atomic E-state index is 12.2. The molecule has 0 aliphatic heterocycles. The van der Waals surface area contributed by atoms with E-state index in [-0.39, 0.29) is 22.8 Å². The molecular weight excluding hydrogens is 268 g/mol. The molecule has 6 heteroatoms. The molecule has 19 heavy (non-hydrogen) atoms. The number of aliphatic hydroxyl groups is 1. The molecule has 0 aliphatic rings. The molecule has 0 bridgehead atoms. The largest absolute Gasteiger partial charge is 0.465 e. The Morgan fingerprint density at radius 2 is 1.89 bits per heavy atom. The second-order valence-electron chi connectivity index (χ2n) is 4.09. The van der Waals surface area contributed by atoms with Crippen LogP contribution in [0.2, 0.25) is 0 Å². The lowest BCUT2D eigenvalue weighted by molar-refractivity contribution is 0.0596. The Balaban J connectivity index is 2.92. The molecule has 0 atom stereocenters. The fourth-order valence-corrected chi connectivity index (χ4v) is 3.28. The van der Waals surface area contributed by atoms with E-state index in [1.165, 1.54) is 19.2 Å². The zero-order chi connectivity index (χ0) is 14.3. The van der Waals surface area contributed by atoms with Crippen LogP contribution >= 0.6 is 0 Å². The molecule has 0 aromatic heterocycles. The zero-order valence-corrected chi connectivity index (χ0v) is 11.6. The second-order valence-corrected chi connectivity index (χ2v) is 6.17. The van der Waals surface area contributed by atoms with Gasteiger partial charge in [-0.15, -0.1) is 0 Å². The fraction of sp³-hybridized carbons (Fsp3) is 0.462. The predicted octanol–water partition coefficient (Wildman–Crippen LogP) is 1.41. The van der Waals surface area contributed by atoms with Crippen LogP contribution in [-0.2, 0) is 14.6 Å². The first-order valence-electron chi connectivity index (χ1n) is 6.04. The maximum Gasteiger partial charge on any atom is 0.339 e. The Labute approximate surface area is 113 Å². The van der Waals surface area contributed by atoms with E-state index >= 15 is 0 Å². The summed E-state index contributed by atoms with van der Waals surface area (Å²) in [6.45, 7) is 0.0544. The number of aliphatic hydroxyl groups excluding tert-OH is 1. The summed E-state index contributed by atoms with van der Waals surface area (Å²) in [6, 6.07) is 6.02. The summed E-state index contributed by atoms with van der Waals surface area (Å²) in [7, 11) is -2.29. The van der Waals surface area contributed by atoms with Crippen molar-refractivity contribution in [3.05, 3.63) is 29.8 Å². The number of rotatable bonds is 7. The molecule has 1 aromatic carbocycles. The number of unbranched alkanes of at least 4 members (excludes halogenated alkanes) is 2. The van der Waals surface area contributed by atoms with Gasteiger partial charge >= 0.3 is 5.97 Å². The van der Waals surface area contributed by atoms with Crippen LogP contribution in [0.1, 0.15) is 29.6 Å². The van der Waals surface area contributed by atoms with Crippen molar-refractivity contribution in [3.63, 3.8) is 0 Å². The van der Waals surface area contributed by atoms with Gasteiger partial charge in [-0.2, -0.15) is 0 Å². The number of hydrogen-bond acceptors (Lipinski definition) is 5. The summed E-state index contributed by atoms with van der Waals surface area (Å²) in [5.41, 5.74) is 0.0622. The molecule has 1 rings (SSSR count). The molecule has 0 spiro atoms. The second kappa shape index (κ2) is 7.25. The van der Waals surface area contributed by atoms with Crippen LogP contribution in [0.4, 0.5) is 0 Å². The third kappa shape index (κ3) is 4.33. The SMILES string of the molecule is COC(=O)c1ccccc1S(=O)(=O)CCCCCO. The topological polar surface area (TPSA) is 80.7 Å². The van der Waals surface area contributed by atoms with Crippen LogP contribution in [0.3, 0.4) is 0 Å². The van der Waals surface area contributed by atoms with Crippen LogP contribution in [0, 0.1) is 0 Å². The van der Waals surface area contributed by atoms with Gasteiger partial charge in [0.1, 0.15) is 0 Å². The summed E-state index contributed by atoms with van der Waals surface area (Å²) in [5.74, 6) is -0.699. The highest BCUT2D eigenvalue weighted by Crippen LogP contribution is 2.19. The molecule has 0 radical (unpaired) electrons. The van der Waals surface area contributed by atoms with Crippen LogP contribution in [0.25, 0.3) is 0 Å². The Morgan fingerprint density at radius 3 is 2.53 bits per heavy atom. The van der Waals surface area contributed by atoms with E-state index in [0.29, 0.717) is 19.3 Å². The molecule has 1 N–H and O–H groups in total. The first-order chi connectivity index (χ1) is 9.03.